The molecule has 0 spiro atoms. The van der Waals surface area contributed by atoms with Gasteiger partial charge in [-0.1, -0.05) is 12.1 Å². The van der Waals surface area contributed by atoms with Crippen molar-refractivity contribution in [3.63, 3.8) is 0 Å². The third-order valence-electron chi connectivity index (χ3n) is 7.16. The highest BCUT2D eigenvalue weighted by Gasteiger charge is 2.22. The molecule has 2 aliphatic rings. The van der Waals surface area contributed by atoms with E-state index < -0.39 is 12.4 Å². The van der Waals surface area contributed by atoms with Crippen molar-refractivity contribution in [1.82, 2.24) is 14.8 Å². The number of anilines is 1. The summed E-state index contributed by atoms with van der Waals surface area (Å²) >= 11 is 0. The second kappa shape index (κ2) is 12.4. The number of aromatic amines is 1. The second-order valence-electron chi connectivity index (χ2n) is 9.62. The maximum absolute atomic E-state index is 12.5. The minimum Gasteiger partial charge on any atom is -0.496 e. The lowest BCUT2D eigenvalue weighted by molar-refractivity contribution is 0.0542. The van der Waals surface area contributed by atoms with Gasteiger partial charge in [0.25, 0.3) is 6.43 Å². The van der Waals surface area contributed by atoms with Gasteiger partial charge in [0.1, 0.15) is 5.75 Å². The van der Waals surface area contributed by atoms with Crippen molar-refractivity contribution in [3.8, 4) is 5.75 Å². The molecule has 0 radical (unpaired) electrons. The standard InChI is InChI=1S/C17H23F2N3O.C11H13NO2/c1-12-9-15(23-2)14(13-3-4-20-17(12)13)10-21-5-7-22(8-6-21)11-16(18)19;13-11(14)9-5-1-2-6-10(9)12-7-3-4-8-12/h3-4,9,16,20H,5-8,10-11H2,1-2H3;1-2,5-6H,3-4,7-8H2,(H,13,14). The first-order valence-electron chi connectivity index (χ1n) is 12.8. The lowest BCUT2D eigenvalue weighted by Crippen LogP contribution is -2.47. The Morgan fingerprint density at radius 2 is 1.73 bits per heavy atom. The first-order chi connectivity index (χ1) is 17.9. The predicted molar refractivity (Wildman–Crippen MR) is 142 cm³/mol. The third kappa shape index (κ3) is 6.59. The summed E-state index contributed by atoms with van der Waals surface area (Å²) in [5, 5.41) is 10.2. The smallest absolute Gasteiger partial charge is 0.337 e. The third-order valence-corrected chi connectivity index (χ3v) is 7.16. The quantitative estimate of drug-likeness (QED) is 0.470. The number of nitrogens with zero attached hydrogens (tertiary/aromatic N) is 3. The molecule has 5 rings (SSSR count). The average molecular weight is 515 g/mol. The molecule has 9 heteroatoms. The van der Waals surface area contributed by atoms with Gasteiger partial charge in [-0.3, -0.25) is 9.80 Å². The molecule has 37 heavy (non-hydrogen) atoms. The Morgan fingerprint density at radius 3 is 2.38 bits per heavy atom. The summed E-state index contributed by atoms with van der Waals surface area (Å²) < 4.78 is 30.5. The van der Waals surface area contributed by atoms with Crippen LogP contribution < -0.4 is 9.64 Å². The summed E-state index contributed by atoms with van der Waals surface area (Å²) in [6.07, 6.45) is 2.02. The maximum Gasteiger partial charge on any atom is 0.337 e. The van der Waals surface area contributed by atoms with Gasteiger partial charge in [0.2, 0.25) is 0 Å². The summed E-state index contributed by atoms with van der Waals surface area (Å²) in [5.74, 6) is 0.0529. The van der Waals surface area contributed by atoms with E-state index in [1.807, 2.05) is 23.2 Å². The molecule has 3 aromatic rings. The van der Waals surface area contributed by atoms with Crippen molar-refractivity contribution >= 4 is 22.6 Å². The van der Waals surface area contributed by atoms with Gasteiger partial charge < -0.3 is 19.7 Å². The van der Waals surface area contributed by atoms with Crippen molar-refractivity contribution in [2.24, 2.45) is 0 Å². The highest BCUT2D eigenvalue weighted by atomic mass is 19.3. The first kappa shape index (κ1) is 26.9. The number of carboxylic acid groups (broad SMARTS) is 1. The Bertz CT molecular complexity index is 1190. The fraction of sp³-hybridized carbons (Fsp3) is 0.464. The van der Waals surface area contributed by atoms with E-state index in [4.69, 9.17) is 9.84 Å². The van der Waals surface area contributed by atoms with Crippen LogP contribution in [0.2, 0.25) is 0 Å². The van der Waals surface area contributed by atoms with Crippen LogP contribution in [0.4, 0.5) is 14.5 Å². The number of aromatic carboxylic acids is 1. The minimum atomic E-state index is -2.25. The number of H-pyrrole nitrogens is 1. The van der Waals surface area contributed by atoms with E-state index in [1.165, 1.54) is 5.39 Å². The second-order valence-corrected chi connectivity index (χ2v) is 9.62. The molecule has 2 fully saturated rings. The van der Waals surface area contributed by atoms with Crippen LogP contribution in [0.25, 0.3) is 10.9 Å². The number of aryl methyl sites for hydroxylation is 1. The van der Waals surface area contributed by atoms with Crippen LogP contribution in [0.15, 0.2) is 42.6 Å². The lowest BCUT2D eigenvalue weighted by Gasteiger charge is -2.34. The number of carboxylic acids is 1. The fourth-order valence-corrected chi connectivity index (χ4v) is 5.22. The Balaban J connectivity index is 0.000000195. The van der Waals surface area contributed by atoms with E-state index in [9.17, 15) is 13.6 Å². The molecule has 2 aliphatic heterocycles. The van der Waals surface area contributed by atoms with Crippen molar-refractivity contribution in [2.45, 2.75) is 32.7 Å². The highest BCUT2D eigenvalue weighted by molar-refractivity contribution is 5.94. The number of benzene rings is 2. The van der Waals surface area contributed by atoms with Gasteiger partial charge in [-0.25, -0.2) is 13.6 Å². The van der Waals surface area contributed by atoms with Crippen molar-refractivity contribution in [3.05, 3.63) is 59.3 Å². The van der Waals surface area contributed by atoms with Gasteiger partial charge in [-0.05, 0) is 49.6 Å². The van der Waals surface area contributed by atoms with Crippen molar-refractivity contribution in [2.75, 3.05) is 57.8 Å². The summed E-state index contributed by atoms with van der Waals surface area (Å²) in [6.45, 7) is 7.65. The Labute approximate surface area is 216 Å². The van der Waals surface area contributed by atoms with E-state index in [0.29, 0.717) is 18.7 Å². The summed E-state index contributed by atoms with van der Waals surface area (Å²) in [5.41, 5.74) is 4.73. The Morgan fingerprint density at radius 1 is 1.05 bits per heavy atom. The van der Waals surface area contributed by atoms with Gasteiger partial charge in [0.15, 0.2) is 0 Å². The largest absolute Gasteiger partial charge is 0.496 e. The van der Waals surface area contributed by atoms with Gasteiger partial charge in [0.05, 0.1) is 24.9 Å². The number of piperazine rings is 1. The zero-order chi connectivity index (χ0) is 26.4. The van der Waals surface area contributed by atoms with Gasteiger partial charge in [0, 0.05) is 68.5 Å². The Kier molecular flexibility index (Phi) is 9.00. The van der Waals surface area contributed by atoms with Gasteiger partial charge >= 0.3 is 5.97 Å². The van der Waals surface area contributed by atoms with Gasteiger partial charge in [-0.15, -0.1) is 0 Å². The molecule has 0 bridgehead atoms. The lowest BCUT2D eigenvalue weighted by atomic mass is 10.0. The molecule has 1 aromatic heterocycles. The molecule has 0 saturated carbocycles. The zero-order valence-corrected chi connectivity index (χ0v) is 21.6. The van der Waals surface area contributed by atoms with Crippen LogP contribution in [0.3, 0.4) is 0 Å². The molecule has 3 heterocycles. The number of alkyl halides is 2. The van der Waals surface area contributed by atoms with Crippen LogP contribution in [-0.2, 0) is 6.54 Å². The number of rotatable bonds is 7. The normalized spacial score (nSPS) is 16.7. The molecular weight excluding hydrogens is 478 g/mol. The van der Waals surface area contributed by atoms with Crippen LogP contribution in [0, 0.1) is 6.92 Å². The SMILES string of the molecule is COc1cc(C)c2[nH]ccc2c1CN1CCN(CC(F)F)CC1.O=C(O)c1ccccc1N1CCCC1. The Hall–Kier alpha value is -3.17. The monoisotopic (exact) mass is 514 g/mol. The molecule has 200 valence electrons. The molecule has 2 saturated heterocycles. The number of aromatic nitrogens is 1. The molecule has 0 amide bonds. The number of carbonyl (C=O) groups is 1. The number of fused-ring (bicyclic) bond motifs is 1. The zero-order valence-electron chi connectivity index (χ0n) is 21.6. The molecule has 2 aromatic carbocycles. The predicted octanol–water partition coefficient (Wildman–Crippen LogP) is 4.85. The summed E-state index contributed by atoms with van der Waals surface area (Å²) in [7, 11) is 1.69. The molecule has 0 aliphatic carbocycles. The molecule has 2 N–H and O–H groups in total. The number of ether oxygens (including phenoxy) is 1. The number of hydrogen-bond donors (Lipinski definition) is 2. The molecule has 0 atom stereocenters. The number of para-hydroxylation sites is 1. The molecule has 0 unspecified atom stereocenters. The van der Waals surface area contributed by atoms with Gasteiger partial charge in [-0.2, -0.15) is 0 Å². The van der Waals surface area contributed by atoms with Crippen molar-refractivity contribution in [1.29, 1.82) is 0 Å². The number of methoxy groups -OCH3 is 1. The summed E-state index contributed by atoms with van der Waals surface area (Å²) in [4.78, 5) is 20.5. The van der Waals surface area contributed by atoms with Crippen molar-refractivity contribution < 1.29 is 23.4 Å². The molecule has 7 nitrogen and oxygen atoms in total. The van der Waals surface area contributed by atoms with E-state index in [0.717, 1.165) is 73.6 Å². The van der Waals surface area contributed by atoms with Crippen LogP contribution >= 0.6 is 0 Å². The van der Waals surface area contributed by atoms with E-state index >= 15 is 0 Å². The van der Waals surface area contributed by atoms with E-state index in [-0.39, 0.29) is 6.54 Å². The number of hydrogen-bond acceptors (Lipinski definition) is 5. The van der Waals surface area contributed by atoms with Crippen LogP contribution in [0.1, 0.15) is 34.3 Å². The van der Waals surface area contributed by atoms with Crippen LogP contribution in [0.5, 0.6) is 5.75 Å². The topological polar surface area (TPSA) is 72.0 Å². The average Bonchev–Trinajstić information content (AvgIpc) is 3.60. The highest BCUT2D eigenvalue weighted by Crippen LogP contribution is 2.31. The first-order valence-corrected chi connectivity index (χ1v) is 12.8. The van der Waals surface area contributed by atoms with E-state index in [1.54, 1.807) is 19.2 Å². The number of nitrogens with one attached hydrogen (secondary N) is 1. The summed E-state index contributed by atoms with van der Waals surface area (Å²) in [6, 6.07) is 11.3. The molecular formula is C28H36F2N4O3. The van der Waals surface area contributed by atoms with Crippen LogP contribution in [-0.4, -0.2) is 85.2 Å². The fourth-order valence-electron chi connectivity index (χ4n) is 5.22. The minimum absolute atomic E-state index is 0.121. The van der Waals surface area contributed by atoms with E-state index in [2.05, 4.69) is 33.8 Å². The number of halogens is 2. The maximum atomic E-state index is 12.5.